The van der Waals surface area contributed by atoms with Crippen LogP contribution in [0.3, 0.4) is 0 Å². The van der Waals surface area contributed by atoms with Crippen LogP contribution in [0.15, 0.2) is 43.1 Å². The van der Waals surface area contributed by atoms with E-state index in [2.05, 4.69) is 50.3 Å². The van der Waals surface area contributed by atoms with E-state index in [-0.39, 0.29) is 24.8 Å². The van der Waals surface area contributed by atoms with Crippen molar-refractivity contribution in [3.8, 4) is 0 Å². The van der Waals surface area contributed by atoms with E-state index in [0.29, 0.717) is 0 Å². The molecule has 2 rings (SSSR count). The van der Waals surface area contributed by atoms with Crippen LogP contribution >= 0.6 is 33.4 Å². The van der Waals surface area contributed by atoms with E-state index in [1.165, 1.54) is 10.6 Å². The number of allylic oxidation sites excluding steroid dienone is 8. The summed E-state index contributed by atoms with van der Waals surface area (Å²) in [6, 6.07) is 0. The molecule has 0 amide bonds. The summed E-state index contributed by atoms with van der Waals surface area (Å²) in [4.78, 5) is 0. The van der Waals surface area contributed by atoms with E-state index in [9.17, 15) is 0 Å². The van der Waals surface area contributed by atoms with Gasteiger partial charge in [-0.25, -0.2) is 0 Å². The second-order valence-corrected chi connectivity index (χ2v) is 46.3. The SMILES string of the molecule is CC[CH2][Hf](=[SiH2])([Cl])([C]1=CC=CC1)[C]1=CC=CC1.Cl.Cl. The Morgan fingerprint density at radius 2 is 1.56 bits per heavy atom. The third kappa shape index (κ3) is 3.32. The Balaban J connectivity index is 0.00000144. The Kier molecular flexibility index (Phi) is 7.44. The summed E-state index contributed by atoms with van der Waals surface area (Å²) in [6.07, 6.45) is 16.9. The van der Waals surface area contributed by atoms with Crippen molar-refractivity contribution in [1.82, 2.24) is 0 Å². The van der Waals surface area contributed by atoms with Gasteiger partial charge in [0, 0.05) is 0 Å². The van der Waals surface area contributed by atoms with Crippen molar-refractivity contribution in [2.75, 3.05) is 0 Å². The molecule has 0 aromatic rings. The van der Waals surface area contributed by atoms with Crippen LogP contribution < -0.4 is 0 Å². The largest absolute Gasteiger partial charge is 0.147 e. The standard InChI is InChI=1S/2C5H5.C3H7.3ClH.Hf.H2Si/c2*1-2-4-5-3-1;1-3-2;;;;;/h2*1-3H,4H2;1,3H2,2H3;3*1H;;1H2/q;;;;;;+1;/p-1. The summed E-state index contributed by atoms with van der Waals surface area (Å²) in [5, 5.41) is 0. The zero-order chi connectivity index (χ0) is 11.7. The van der Waals surface area contributed by atoms with Gasteiger partial charge in [0.15, 0.2) is 0 Å². The maximum atomic E-state index is 7.32. The monoisotopic (exact) mass is 490 g/mol. The van der Waals surface area contributed by atoms with Gasteiger partial charge in [0.2, 0.25) is 0 Å². The van der Waals surface area contributed by atoms with E-state index in [1.807, 2.05) is 0 Å². The third-order valence-electron chi connectivity index (χ3n) is 3.79. The van der Waals surface area contributed by atoms with E-state index in [1.54, 1.807) is 6.66 Å². The molecule has 0 saturated heterocycles. The summed E-state index contributed by atoms with van der Waals surface area (Å²) in [7, 11) is 7.32. The van der Waals surface area contributed by atoms with Crippen molar-refractivity contribution in [2.45, 2.75) is 30.4 Å². The maximum Gasteiger partial charge on any atom is -0.147 e. The molecule has 0 bridgehead atoms. The van der Waals surface area contributed by atoms with Gasteiger partial charge in [0.1, 0.15) is 0 Å². The minimum Gasteiger partial charge on any atom is -0.147 e. The molecule has 2 aliphatic carbocycles. The van der Waals surface area contributed by atoms with Crippen molar-refractivity contribution in [3.05, 3.63) is 43.1 Å². The molecular formula is C13H21Cl3HfSi. The predicted molar refractivity (Wildman–Crippen MR) is 87.7 cm³/mol. The molecule has 0 aliphatic heterocycles. The Labute approximate surface area is 129 Å². The molecule has 0 N–H and O–H groups in total. The van der Waals surface area contributed by atoms with Crippen LogP contribution in [0.2, 0.25) is 4.18 Å². The summed E-state index contributed by atoms with van der Waals surface area (Å²) in [6.45, 7) is 4.43. The molecule has 102 valence electrons. The zero-order valence-electron chi connectivity index (χ0n) is 10.7. The van der Waals surface area contributed by atoms with Crippen LogP contribution in [0.4, 0.5) is 0 Å². The fourth-order valence-corrected chi connectivity index (χ4v) is 29.0. The van der Waals surface area contributed by atoms with Crippen molar-refractivity contribution >= 4 is 40.3 Å². The van der Waals surface area contributed by atoms with E-state index < -0.39 is 15.9 Å². The van der Waals surface area contributed by atoms with Crippen LogP contribution in [-0.4, -0.2) is 6.94 Å². The van der Waals surface area contributed by atoms with Crippen molar-refractivity contribution in [1.29, 1.82) is 0 Å². The summed E-state index contributed by atoms with van der Waals surface area (Å²) in [5.74, 6) is 0. The summed E-state index contributed by atoms with van der Waals surface area (Å²) >= 11 is -3.38. The second kappa shape index (κ2) is 7.08. The van der Waals surface area contributed by atoms with Crippen LogP contribution in [0.25, 0.3) is 0 Å². The molecule has 0 nitrogen and oxygen atoms in total. The molecule has 0 radical (unpaired) electrons. The fraction of sp³-hybridized carbons (Fsp3) is 0.385. The summed E-state index contributed by atoms with van der Waals surface area (Å²) < 4.78 is 4.39. The first-order valence-corrected chi connectivity index (χ1v) is 25.0. The zero-order valence-corrected chi connectivity index (χ0v) is 18.1. The minimum absolute atomic E-state index is 0. The van der Waals surface area contributed by atoms with Crippen molar-refractivity contribution in [3.63, 3.8) is 0 Å². The fourth-order valence-electron chi connectivity index (χ4n) is 2.79. The van der Waals surface area contributed by atoms with E-state index >= 15 is 0 Å². The first-order valence-electron chi connectivity index (χ1n) is 6.04. The predicted octanol–water partition coefficient (Wildman–Crippen LogP) is 4.74. The summed E-state index contributed by atoms with van der Waals surface area (Å²) in [5.41, 5.74) is 0. The average molecular weight is 490 g/mol. The minimum atomic E-state index is -3.38. The molecule has 0 saturated carbocycles. The molecule has 0 heterocycles. The molecule has 0 aromatic carbocycles. The number of hydrogen-bond acceptors (Lipinski definition) is 0. The Morgan fingerprint density at radius 1 is 1.11 bits per heavy atom. The molecule has 18 heavy (non-hydrogen) atoms. The van der Waals surface area contributed by atoms with Gasteiger partial charge in [-0.2, -0.15) is 0 Å². The van der Waals surface area contributed by atoms with Gasteiger partial charge in [-0.05, 0) is 0 Å². The molecule has 5 heteroatoms. The average Bonchev–Trinajstić information content (AvgIpc) is 2.93. The third-order valence-corrected chi connectivity index (χ3v) is 38.4. The second-order valence-electron chi connectivity index (χ2n) is 4.94. The van der Waals surface area contributed by atoms with Crippen LogP contribution in [-0.2, 0) is 15.9 Å². The Morgan fingerprint density at radius 3 is 1.83 bits per heavy atom. The van der Waals surface area contributed by atoms with Gasteiger partial charge in [-0.1, -0.05) is 0 Å². The Bertz CT molecular complexity index is 452. The molecule has 0 atom stereocenters. The number of rotatable bonds is 4. The van der Waals surface area contributed by atoms with Crippen LogP contribution in [0.1, 0.15) is 26.2 Å². The van der Waals surface area contributed by atoms with Gasteiger partial charge in [0.25, 0.3) is 0 Å². The van der Waals surface area contributed by atoms with Crippen molar-refractivity contribution in [2.24, 2.45) is 0 Å². The van der Waals surface area contributed by atoms with Gasteiger partial charge in [-0.15, -0.1) is 24.8 Å². The van der Waals surface area contributed by atoms with Crippen LogP contribution in [0.5, 0.6) is 0 Å². The van der Waals surface area contributed by atoms with Crippen molar-refractivity contribution < 1.29 is 15.9 Å². The Hall–Kier alpha value is 0.917. The molecule has 2 aliphatic rings. The number of hydrogen-bond donors (Lipinski definition) is 0. The number of halogens is 3. The van der Waals surface area contributed by atoms with E-state index in [4.69, 9.17) is 8.58 Å². The molecule has 0 spiro atoms. The smallest absolute Gasteiger partial charge is 0.147 e. The normalized spacial score (nSPS) is 17.9. The van der Waals surface area contributed by atoms with E-state index in [0.717, 1.165) is 12.8 Å². The first-order chi connectivity index (χ1) is 7.57. The van der Waals surface area contributed by atoms with Gasteiger partial charge >= 0.3 is 105 Å². The molecular weight excluding hydrogens is 469 g/mol. The van der Waals surface area contributed by atoms with Gasteiger partial charge in [-0.3, -0.25) is 0 Å². The first kappa shape index (κ1) is 18.9. The van der Waals surface area contributed by atoms with Crippen LogP contribution in [0, 0.1) is 0 Å². The van der Waals surface area contributed by atoms with Gasteiger partial charge < -0.3 is 0 Å². The topological polar surface area (TPSA) is 0 Å². The van der Waals surface area contributed by atoms with Gasteiger partial charge in [0.05, 0.1) is 0 Å². The quantitative estimate of drug-likeness (QED) is 0.500. The maximum absolute atomic E-state index is 7.32. The molecule has 0 unspecified atom stereocenters. The molecule has 0 fully saturated rings. The molecule has 0 aromatic heterocycles.